The number of rotatable bonds is 3. The summed E-state index contributed by atoms with van der Waals surface area (Å²) in [5, 5.41) is 11.0. The van der Waals surface area contributed by atoms with E-state index in [9.17, 15) is 9.18 Å². The number of nitrogens with one attached hydrogen (secondary N) is 1. The first-order valence-corrected chi connectivity index (χ1v) is 7.57. The molecule has 1 N–H and O–H groups in total. The maximum atomic E-state index is 13.5. The molecule has 0 saturated heterocycles. The van der Waals surface area contributed by atoms with Crippen LogP contribution < -0.4 is 5.32 Å². The molecular weight excluding hydrogens is 331 g/mol. The number of hydrogen-bond donors (Lipinski definition) is 1. The Hall–Kier alpha value is -2.73. The van der Waals surface area contributed by atoms with Crippen LogP contribution in [0.3, 0.4) is 0 Å². The molecule has 0 aliphatic rings. The fraction of sp³-hybridized carbons (Fsp3) is 0.118. The van der Waals surface area contributed by atoms with Crippen LogP contribution in [-0.4, -0.2) is 20.9 Å². The van der Waals surface area contributed by atoms with Crippen molar-refractivity contribution in [3.8, 4) is 5.69 Å². The Balaban J connectivity index is 1.84. The number of amides is 1. The van der Waals surface area contributed by atoms with E-state index in [1.54, 1.807) is 25.1 Å². The highest BCUT2D eigenvalue weighted by atomic mass is 35.5. The Morgan fingerprint density at radius 1 is 1.21 bits per heavy atom. The van der Waals surface area contributed by atoms with Crippen LogP contribution in [0.15, 0.2) is 42.6 Å². The van der Waals surface area contributed by atoms with E-state index in [-0.39, 0.29) is 11.5 Å². The quantitative estimate of drug-likeness (QED) is 0.783. The van der Waals surface area contributed by atoms with Gasteiger partial charge in [-0.15, -0.1) is 5.10 Å². The lowest BCUT2D eigenvalue weighted by Gasteiger charge is -2.07. The van der Waals surface area contributed by atoms with Gasteiger partial charge in [0, 0.05) is 10.7 Å². The SMILES string of the molecule is Cc1cc(F)cc(-n2cc(C(=O)Nc3cc(Cl)ccc3C)nn2)c1. The van der Waals surface area contributed by atoms with Crippen LogP contribution in [0.5, 0.6) is 0 Å². The van der Waals surface area contributed by atoms with Gasteiger partial charge in [-0.1, -0.05) is 22.9 Å². The zero-order valence-corrected chi connectivity index (χ0v) is 13.8. The van der Waals surface area contributed by atoms with Gasteiger partial charge in [-0.2, -0.15) is 0 Å². The van der Waals surface area contributed by atoms with Gasteiger partial charge in [0.1, 0.15) is 5.82 Å². The Morgan fingerprint density at radius 3 is 2.75 bits per heavy atom. The fourth-order valence-corrected chi connectivity index (χ4v) is 2.43. The van der Waals surface area contributed by atoms with Gasteiger partial charge >= 0.3 is 0 Å². The summed E-state index contributed by atoms with van der Waals surface area (Å²) in [4.78, 5) is 12.3. The predicted octanol–water partition coefficient (Wildman–Crippen LogP) is 3.93. The van der Waals surface area contributed by atoms with Gasteiger partial charge in [0.25, 0.3) is 5.91 Å². The molecule has 0 aliphatic carbocycles. The van der Waals surface area contributed by atoms with E-state index < -0.39 is 5.91 Å². The Bertz CT molecular complexity index is 902. The highest BCUT2D eigenvalue weighted by Gasteiger charge is 2.13. The maximum Gasteiger partial charge on any atom is 0.277 e. The summed E-state index contributed by atoms with van der Waals surface area (Å²) in [5.41, 5.74) is 2.85. The van der Waals surface area contributed by atoms with Crippen molar-refractivity contribution in [2.24, 2.45) is 0 Å². The summed E-state index contributed by atoms with van der Waals surface area (Å²) in [5.74, 6) is -0.791. The van der Waals surface area contributed by atoms with Crippen LogP contribution in [0.2, 0.25) is 5.02 Å². The minimum atomic E-state index is -0.417. The molecular formula is C17H14ClFN4O. The molecule has 0 radical (unpaired) electrons. The largest absolute Gasteiger partial charge is 0.320 e. The van der Waals surface area contributed by atoms with Crippen molar-refractivity contribution in [2.75, 3.05) is 5.32 Å². The van der Waals surface area contributed by atoms with Crippen LogP contribution in [0.25, 0.3) is 5.69 Å². The molecule has 7 heteroatoms. The second-order valence-electron chi connectivity index (χ2n) is 5.45. The molecule has 2 aromatic carbocycles. The summed E-state index contributed by atoms with van der Waals surface area (Å²) in [6.07, 6.45) is 1.45. The van der Waals surface area contributed by atoms with Gasteiger partial charge < -0.3 is 5.32 Å². The average molecular weight is 345 g/mol. The molecule has 122 valence electrons. The predicted molar refractivity (Wildman–Crippen MR) is 90.2 cm³/mol. The molecule has 5 nitrogen and oxygen atoms in total. The molecule has 0 saturated carbocycles. The monoisotopic (exact) mass is 344 g/mol. The Labute approximate surface area is 143 Å². The summed E-state index contributed by atoms with van der Waals surface area (Å²) in [6.45, 7) is 3.64. The molecule has 0 aliphatic heterocycles. The van der Waals surface area contributed by atoms with Crippen molar-refractivity contribution in [3.63, 3.8) is 0 Å². The zero-order valence-electron chi connectivity index (χ0n) is 13.0. The number of hydrogen-bond acceptors (Lipinski definition) is 3. The summed E-state index contributed by atoms with van der Waals surface area (Å²) in [6, 6.07) is 9.70. The topological polar surface area (TPSA) is 59.8 Å². The van der Waals surface area contributed by atoms with Crippen molar-refractivity contribution in [2.45, 2.75) is 13.8 Å². The summed E-state index contributed by atoms with van der Waals surface area (Å²) in [7, 11) is 0. The van der Waals surface area contributed by atoms with E-state index in [2.05, 4.69) is 15.6 Å². The maximum absolute atomic E-state index is 13.5. The van der Waals surface area contributed by atoms with E-state index in [4.69, 9.17) is 11.6 Å². The smallest absolute Gasteiger partial charge is 0.277 e. The van der Waals surface area contributed by atoms with Crippen LogP contribution in [0, 0.1) is 19.7 Å². The van der Waals surface area contributed by atoms with Gasteiger partial charge in [0.15, 0.2) is 5.69 Å². The number of benzene rings is 2. The van der Waals surface area contributed by atoms with E-state index in [0.29, 0.717) is 16.4 Å². The molecule has 1 aromatic heterocycles. The van der Waals surface area contributed by atoms with E-state index in [1.807, 2.05) is 13.0 Å². The highest BCUT2D eigenvalue weighted by Crippen LogP contribution is 2.21. The number of nitrogens with zero attached hydrogens (tertiary/aromatic N) is 3. The first-order chi connectivity index (χ1) is 11.4. The number of carbonyl (C=O) groups excluding carboxylic acids is 1. The third-order valence-corrected chi connectivity index (χ3v) is 3.70. The second kappa shape index (κ2) is 6.41. The molecule has 0 atom stereocenters. The second-order valence-corrected chi connectivity index (χ2v) is 5.88. The highest BCUT2D eigenvalue weighted by molar-refractivity contribution is 6.31. The fourth-order valence-electron chi connectivity index (χ4n) is 2.26. The third-order valence-electron chi connectivity index (χ3n) is 3.47. The number of carbonyl (C=O) groups is 1. The van der Waals surface area contributed by atoms with Crippen LogP contribution in [-0.2, 0) is 0 Å². The number of aryl methyl sites for hydroxylation is 2. The minimum Gasteiger partial charge on any atom is -0.320 e. The van der Waals surface area contributed by atoms with Crippen molar-refractivity contribution in [3.05, 3.63) is 70.3 Å². The summed E-state index contributed by atoms with van der Waals surface area (Å²) < 4.78 is 14.9. The Kier molecular flexibility index (Phi) is 4.31. The average Bonchev–Trinajstić information content (AvgIpc) is 3.00. The first-order valence-electron chi connectivity index (χ1n) is 7.20. The summed E-state index contributed by atoms with van der Waals surface area (Å²) >= 11 is 5.94. The van der Waals surface area contributed by atoms with Gasteiger partial charge in [-0.25, -0.2) is 9.07 Å². The van der Waals surface area contributed by atoms with Crippen molar-refractivity contribution in [1.29, 1.82) is 0 Å². The van der Waals surface area contributed by atoms with Crippen LogP contribution in [0.1, 0.15) is 21.6 Å². The van der Waals surface area contributed by atoms with Gasteiger partial charge in [-0.05, 0) is 55.3 Å². The number of aromatic nitrogens is 3. The van der Waals surface area contributed by atoms with E-state index in [0.717, 1.165) is 11.1 Å². The first kappa shape index (κ1) is 16.1. The van der Waals surface area contributed by atoms with Gasteiger partial charge in [-0.3, -0.25) is 4.79 Å². The molecule has 0 bridgehead atoms. The number of anilines is 1. The normalized spacial score (nSPS) is 10.7. The van der Waals surface area contributed by atoms with Crippen LogP contribution in [0.4, 0.5) is 10.1 Å². The lowest BCUT2D eigenvalue weighted by atomic mass is 10.2. The lowest BCUT2D eigenvalue weighted by molar-refractivity contribution is 0.102. The molecule has 3 rings (SSSR count). The van der Waals surface area contributed by atoms with Crippen LogP contribution >= 0.6 is 11.6 Å². The van der Waals surface area contributed by atoms with E-state index in [1.165, 1.54) is 23.0 Å². The third kappa shape index (κ3) is 3.44. The van der Waals surface area contributed by atoms with Gasteiger partial charge in [0.05, 0.1) is 11.9 Å². The molecule has 1 heterocycles. The molecule has 0 spiro atoms. The molecule has 3 aromatic rings. The lowest BCUT2D eigenvalue weighted by Crippen LogP contribution is -2.13. The zero-order chi connectivity index (χ0) is 17.3. The molecule has 0 unspecified atom stereocenters. The van der Waals surface area contributed by atoms with Crippen molar-refractivity contribution in [1.82, 2.24) is 15.0 Å². The Morgan fingerprint density at radius 2 is 2.00 bits per heavy atom. The van der Waals surface area contributed by atoms with Crippen molar-refractivity contribution >= 4 is 23.2 Å². The molecule has 1 amide bonds. The molecule has 0 fully saturated rings. The minimum absolute atomic E-state index is 0.122. The standard InChI is InChI=1S/C17H14ClFN4O/c1-10-5-13(19)8-14(6-10)23-9-16(21-22-23)17(24)20-15-7-12(18)4-3-11(15)2/h3-9H,1-2H3,(H,20,24). The van der Waals surface area contributed by atoms with Gasteiger partial charge in [0.2, 0.25) is 0 Å². The number of halogens is 2. The molecule has 24 heavy (non-hydrogen) atoms. The van der Waals surface area contributed by atoms with Crippen molar-refractivity contribution < 1.29 is 9.18 Å². The van der Waals surface area contributed by atoms with E-state index >= 15 is 0 Å².